The number of hydrogen-bond acceptors (Lipinski definition) is 1. The zero-order chi connectivity index (χ0) is 6.27. The van der Waals surface area contributed by atoms with Crippen molar-refractivity contribution in [3.8, 4) is 0 Å². The highest BCUT2D eigenvalue weighted by Crippen LogP contribution is 2.38. The Morgan fingerprint density at radius 3 is 2.11 bits per heavy atom. The first-order valence-corrected chi connectivity index (χ1v) is 4.08. The van der Waals surface area contributed by atoms with E-state index < -0.39 is 0 Å². The van der Waals surface area contributed by atoms with Crippen LogP contribution in [0.2, 0.25) is 0 Å². The fourth-order valence-corrected chi connectivity index (χ4v) is 2.37. The molecule has 0 amide bonds. The van der Waals surface area contributed by atoms with Crippen molar-refractivity contribution in [1.29, 1.82) is 0 Å². The maximum Gasteiger partial charge on any atom is -0.00177 e. The second-order valence-electron chi connectivity index (χ2n) is 3.61. The number of piperidine rings is 1. The minimum absolute atomic E-state index is 1.02. The molecule has 2 rings (SSSR count). The van der Waals surface area contributed by atoms with Crippen LogP contribution < -0.4 is 5.32 Å². The molecule has 1 nitrogen and oxygen atoms in total. The van der Waals surface area contributed by atoms with Crippen molar-refractivity contribution >= 4 is 0 Å². The van der Waals surface area contributed by atoms with Gasteiger partial charge < -0.3 is 5.32 Å². The average Bonchev–Trinajstić information content (AvgIpc) is 2.19. The Morgan fingerprint density at radius 1 is 1.11 bits per heavy atom. The van der Waals surface area contributed by atoms with E-state index in [1.54, 1.807) is 0 Å². The predicted molar refractivity (Wildman–Crippen MR) is 38.2 cm³/mol. The molecular weight excluding hydrogens is 110 g/mol. The van der Waals surface area contributed by atoms with Gasteiger partial charge >= 0.3 is 0 Å². The summed E-state index contributed by atoms with van der Waals surface area (Å²) in [4.78, 5) is 0. The zero-order valence-electron chi connectivity index (χ0n) is 6.06. The topological polar surface area (TPSA) is 12.0 Å². The van der Waals surface area contributed by atoms with Crippen molar-refractivity contribution in [2.75, 3.05) is 13.1 Å². The smallest absolute Gasteiger partial charge is 0.00177 e. The van der Waals surface area contributed by atoms with Crippen LogP contribution in [0.25, 0.3) is 0 Å². The van der Waals surface area contributed by atoms with E-state index in [1.807, 2.05) is 0 Å². The summed E-state index contributed by atoms with van der Waals surface area (Å²) in [6.45, 7) is 5.00. The molecule has 3 atom stereocenters. The summed E-state index contributed by atoms with van der Waals surface area (Å²) in [5.41, 5.74) is 0. The van der Waals surface area contributed by atoms with E-state index >= 15 is 0 Å². The van der Waals surface area contributed by atoms with Crippen LogP contribution in [0.3, 0.4) is 0 Å². The van der Waals surface area contributed by atoms with Gasteiger partial charge in [-0.25, -0.2) is 0 Å². The summed E-state index contributed by atoms with van der Waals surface area (Å²) in [6.07, 6.45) is 2.97. The fraction of sp³-hybridized carbons (Fsp3) is 1.00. The molecule has 0 aromatic carbocycles. The van der Waals surface area contributed by atoms with Gasteiger partial charge in [0.25, 0.3) is 0 Å². The van der Waals surface area contributed by atoms with E-state index in [1.165, 1.54) is 25.9 Å². The Kier molecular flexibility index (Phi) is 1.26. The molecular formula is C8H15N. The van der Waals surface area contributed by atoms with Gasteiger partial charge in [-0.1, -0.05) is 6.92 Å². The summed E-state index contributed by atoms with van der Waals surface area (Å²) in [5.74, 6) is 3.05. The van der Waals surface area contributed by atoms with E-state index in [0.717, 1.165) is 17.8 Å². The molecule has 0 aromatic heterocycles. The minimum Gasteiger partial charge on any atom is -0.316 e. The molecule has 1 aliphatic carbocycles. The molecule has 1 heterocycles. The monoisotopic (exact) mass is 125 g/mol. The minimum atomic E-state index is 1.02. The molecule has 0 spiro atoms. The summed E-state index contributed by atoms with van der Waals surface area (Å²) >= 11 is 0. The van der Waals surface area contributed by atoms with Crippen molar-refractivity contribution in [3.63, 3.8) is 0 Å². The van der Waals surface area contributed by atoms with Crippen molar-refractivity contribution in [2.24, 2.45) is 17.8 Å². The number of rotatable bonds is 0. The lowest BCUT2D eigenvalue weighted by molar-refractivity contribution is 0.267. The van der Waals surface area contributed by atoms with Crippen molar-refractivity contribution < 1.29 is 0 Å². The second-order valence-corrected chi connectivity index (χ2v) is 3.61. The van der Waals surface area contributed by atoms with Crippen molar-refractivity contribution in [3.05, 3.63) is 0 Å². The SMILES string of the molecule is CC1[C@@H]2CC[C@H]1CNC2. The quantitative estimate of drug-likeness (QED) is 0.514. The largest absolute Gasteiger partial charge is 0.316 e. The second kappa shape index (κ2) is 1.98. The van der Waals surface area contributed by atoms with Gasteiger partial charge in [0.15, 0.2) is 0 Å². The van der Waals surface area contributed by atoms with E-state index in [9.17, 15) is 0 Å². The maximum absolute atomic E-state index is 3.48. The average molecular weight is 125 g/mol. The fourth-order valence-electron chi connectivity index (χ4n) is 2.37. The van der Waals surface area contributed by atoms with Gasteiger partial charge in [0.1, 0.15) is 0 Å². The third-order valence-corrected chi connectivity index (χ3v) is 3.21. The molecule has 1 saturated carbocycles. The Morgan fingerprint density at radius 2 is 1.67 bits per heavy atom. The highest BCUT2D eigenvalue weighted by molar-refractivity contribution is 4.88. The van der Waals surface area contributed by atoms with Crippen LogP contribution in [0.1, 0.15) is 19.8 Å². The first kappa shape index (κ1) is 5.72. The lowest BCUT2D eigenvalue weighted by Crippen LogP contribution is -2.36. The molecule has 2 aliphatic rings. The molecule has 2 fully saturated rings. The zero-order valence-corrected chi connectivity index (χ0v) is 6.06. The molecule has 1 saturated heterocycles. The van der Waals surface area contributed by atoms with Gasteiger partial charge in [-0.15, -0.1) is 0 Å². The van der Waals surface area contributed by atoms with Gasteiger partial charge in [-0.3, -0.25) is 0 Å². The first-order valence-electron chi connectivity index (χ1n) is 4.08. The van der Waals surface area contributed by atoms with Crippen LogP contribution in [0, 0.1) is 17.8 Å². The van der Waals surface area contributed by atoms with Crippen LogP contribution in [0.4, 0.5) is 0 Å². The normalized spacial score (nSPS) is 49.7. The van der Waals surface area contributed by atoms with Gasteiger partial charge in [0, 0.05) is 0 Å². The molecule has 1 heteroatoms. The van der Waals surface area contributed by atoms with Gasteiger partial charge in [-0.2, -0.15) is 0 Å². The summed E-state index contributed by atoms with van der Waals surface area (Å²) in [6, 6.07) is 0. The molecule has 1 N–H and O–H groups in total. The molecule has 9 heavy (non-hydrogen) atoms. The lowest BCUT2D eigenvalue weighted by atomic mass is 9.88. The van der Waals surface area contributed by atoms with Crippen molar-refractivity contribution in [1.82, 2.24) is 5.32 Å². The van der Waals surface area contributed by atoms with Crippen molar-refractivity contribution in [2.45, 2.75) is 19.8 Å². The van der Waals surface area contributed by atoms with E-state index in [2.05, 4.69) is 12.2 Å². The third-order valence-electron chi connectivity index (χ3n) is 3.21. The Hall–Kier alpha value is -0.0400. The molecule has 1 aliphatic heterocycles. The Bertz CT molecular complexity index is 95.1. The number of fused-ring (bicyclic) bond motifs is 2. The molecule has 1 unspecified atom stereocenters. The van der Waals surface area contributed by atoms with E-state index in [-0.39, 0.29) is 0 Å². The highest BCUT2D eigenvalue weighted by Gasteiger charge is 2.35. The first-order chi connectivity index (χ1) is 4.38. The van der Waals surface area contributed by atoms with E-state index in [4.69, 9.17) is 0 Å². The molecule has 0 aromatic rings. The van der Waals surface area contributed by atoms with Crippen LogP contribution in [0.15, 0.2) is 0 Å². The standard InChI is InChI=1S/C8H15N/c1-6-7-2-3-8(6)5-9-4-7/h6-9H,2-5H2,1H3/t6?,7-,8+. The molecule has 52 valence electrons. The summed E-state index contributed by atoms with van der Waals surface area (Å²) < 4.78 is 0. The third kappa shape index (κ3) is 0.787. The van der Waals surface area contributed by atoms with Crippen LogP contribution in [-0.4, -0.2) is 13.1 Å². The van der Waals surface area contributed by atoms with Gasteiger partial charge in [-0.05, 0) is 43.7 Å². The number of hydrogen-bond donors (Lipinski definition) is 1. The highest BCUT2D eigenvalue weighted by atomic mass is 14.9. The van der Waals surface area contributed by atoms with Gasteiger partial charge in [0.05, 0.1) is 0 Å². The van der Waals surface area contributed by atoms with Gasteiger partial charge in [0.2, 0.25) is 0 Å². The molecule has 0 radical (unpaired) electrons. The summed E-state index contributed by atoms with van der Waals surface area (Å²) in [7, 11) is 0. The Labute approximate surface area is 56.8 Å². The van der Waals surface area contributed by atoms with E-state index in [0.29, 0.717) is 0 Å². The Balaban J connectivity index is 2.10. The summed E-state index contributed by atoms with van der Waals surface area (Å²) in [5, 5.41) is 3.48. The van der Waals surface area contributed by atoms with Crippen LogP contribution >= 0.6 is 0 Å². The van der Waals surface area contributed by atoms with Crippen LogP contribution in [0.5, 0.6) is 0 Å². The van der Waals surface area contributed by atoms with Crippen LogP contribution in [-0.2, 0) is 0 Å². The lowest BCUT2D eigenvalue weighted by Gasteiger charge is -2.27. The molecule has 2 bridgehead atoms. The maximum atomic E-state index is 3.48. The predicted octanol–water partition coefficient (Wildman–Crippen LogP) is 1.25. The number of nitrogens with one attached hydrogen (secondary N) is 1.